The Bertz CT molecular complexity index is 423. The largest absolute Gasteiger partial charge is 0.348 e. The summed E-state index contributed by atoms with van der Waals surface area (Å²) in [7, 11) is 0. The minimum absolute atomic E-state index is 0.0135. The summed E-state index contributed by atoms with van der Waals surface area (Å²) in [6.07, 6.45) is 1.08. The first-order valence-electron chi connectivity index (χ1n) is 7.46. The minimum atomic E-state index is -0.447. The second-order valence-electron chi connectivity index (χ2n) is 6.34. The molecule has 0 aliphatic heterocycles. The Labute approximate surface area is 122 Å². The van der Waals surface area contributed by atoms with Gasteiger partial charge in [0, 0.05) is 0 Å². The van der Waals surface area contributed by atoms with Gasteiger partial charge in [0.1, 0.15) is 0 Å². The fourth-order valence-electron chi connectivity index (χ4n) is 2.11. The quantitative estimate of drug-likeness (QED) is 0.839. The van der Waals surface area contributed by atoms with Crippen molar-refractivity contribution in [3.05, 3.63) is 35.4 Å². The molecule has 1 aromatic carbocycles. The van der Waals surface area contributed by atoms with E-state index >= 15 is 0 Å². The van der Waals surface area contributed by atoms with Crippen molar-refractivity contribution in [3.8, 4) is 0 Å². The predicted octanol–water partition coefficient (Wildman–Crippen LogP) is 3.05. The lowest BCUT2D eigenvalue weighted by atomic mass is 9.99. The van der Waals surface area contributed by atoms with E-state index in [0.29, 0.717) is 5.92 Å². The molecular weight excluding hydrogens is 248 g/mol. The van der Waals surface area contributed by atoms with Crippen LogP contribution in [0.15, 0.2) is 24.3 Å². The molecule has 2 atom stereocenters. The minimum Gasteiger partial charge on any atom is -0.348 e. The van der Waals surface area contributed by atoms with Crippen molar-refractivity contribution < 1.29 is 4.79 Å². The Hall–Kier alpha value is -1.35. The van der Waals surface area contributed by atoms with Crippen molar-refractivity contribution in [2.24, 2.45) is 17.6 Å². The molecule has 0 aliphatic carbocycles. The number of benzene rings is 1. The van der Waals surface area contributed by atoms with Crippen LogP contribution in [0.1, 0.15) is 51.8 Å². The molecule has 0 radical (unpaired) electrons. The Morgan fingerprint density at radius 3 is 2.10 bits per heavy atom. The SMILES string of the molecule is CC(C)Cc1ccc(C(C)NC(=O)[C@H](N)C(C)C)cc1. The Balaban J connectivity index is 2.63. The van der Waals surface area contributed by atoms with Crippen LogP contribution in [0.25, 0.3) is 0 Å². The van der Waals surface area contributed by atoms with Gasteiger partial charge >= 0.3 is 0 Å². The molecular formula is C17H28N2O. The first kappa shape index (κ1) is 16.7. The fourth-order valence-corrected chi connectivity index (χ4v) is 2.11. The second kappa shape index (κ2) is 7.44. The lowest BCUT2D eigenvalue weighted by Gasteiger charge is -2.20. The summed E-state index contributed by atoms with van der Waals surface area (Å²) in [5.74, 6) is 0.719. The third-order valence-electron chi connectivity index (χ3n) is 3.50. The van der Waals surface area contributed by atoms with Crippen molar-refractivity contribution in [2.45, 2.75) is 53.1 Å². The lowest BCUT2D eigenvalue weighted by molar-refractivity contribution is -0.123. The Kier molecular flexibility index (Phi) is 6.21. The molecule has 3 N–H and O–H groups in total. The maximum absolute atomic E-state index is 11.9. The van der Waals surface area contributed by atoms with Crippen molar-refractivity contribution in [1.29, 1.82) is 0 Å². The van der Waals surface area contributed by atoms with Gasteiger partial charge in [-0.05, 0) is 36.3 Å². The molecule has 0 aliphatic rings. The topological polar surface area (TPSA) is 55.1 Å². The van der Waals surface area contributed by atoms with Crippen LogP contribution in [0.2, 0.25) is 0 Å². The summed E-state index contributed by atoms with van der Waals surface area (Å²) in [6, 6.07) is 7.99. The van der Waals surface area contributed by atoms with Gasteiger partial charge in [-0.1, -0.05) is 52.0 Å². The first-order chi connectivity index (χ1) is 9.31. The molecule has 3 nitrogen and oxygen atoms in total. The van der Waals surface area contributed by atoms with Gasteiger partial charge < -0.3 is 11.1 Å². The number of carbonyl (C=O) groups excluding carboxylic acids is 1. The number of hydrogen-bond donors (Lipinski definition) is 2. The average molecular weight is 276 g/mol. The molecule has 0 fully saturated rings. The summed E-state index contributed by atoms with van der Waals surface area (Å²) in [5.41, 5.74) is 8.30. The molecule has 112 valence electrons. The normalized spacial score (nSPS) is 14.4. The van der Waals surface area contributed by atoms with Gasteiger partial charge in [0.15, 0.2) is 0 Å². The number of hydrogen-bond acceptors (Lipinski definition) is 2. The van der Waals surface area contributed by atoms with Crippen LogP contribution in [-0.4, -0.2) is 11.9 Å². The van der Waals surface area contributed by atoms with Crippen LogP contribution in [0.3, 0.4) is 0 Å². The molecule has 0 aromatic heterocycles. The van der Waals surface area contributed by atoms with E-state index in [9.17, 15) is 4.79 Å². The molecule has 0 saturated heterocycles. The van der Waals surface area contributed by atoms with Crippen molar-refractivity contribution >= 4 is 5.91 Å². The smallest absolute Gasteiger partial charge is 0.237 e. The van der Waals surface area contributed by atoms with Crippen LogP contribution in [0.5, 0.6) is 0 Å². The van der Waals surface area contributed by atoms with Gasteiger partial charge in [-0.2, -0.15) is 0 Å². The highest BCUT2D eigenvalue weighted by atomic mass is 16.2. The molecule has 1 rings (SSSR count). The zero-order valence-corrected chi connectivity index (χ0v) is 13.3. The summed E-state index contributed by atoms with van der Waals surface area (Å²) < 4.78 is 0. The number of amides is 1. The van der Waals surface area contributed by atoms with E-state index in [1.165, 1.54) is 5.56 Å². The third-order valence-corrected chi connectivity index (χ3v) is 3.50. The van der Waals surface area contributed by atoms with E-state index in [1.807, 2.05) is 20.8 Å². The molecule has 0 bridgehead atoms. The van der Waals surface area contributed by atoms with Crippen LogP contribution >= 0.6 is 0 Å². The van der Waals surface area contributed by atoms with Gasteiger partial charge in [0.2, 0.25) is 5.91 Å². The van der Waals surface area contributed by atoms with E-state index in [1.54, 1.807) is 0 Å². The number of carbonyl (C=O) groups is 1. The van der Waals surface area contributed by atoms with Gasteiger partial charge in [0.05, 0.1) is 12.1 Å². The van der Waals surface area contributed by atoms with Crippen LogP contribution in [-0.2, 0) is 11.2 Å². The van der Waals surface area contributed by atoms with E-state index in [4.69, 9.17) is 5.73 Å². The average Bonchev–Trinajstić information content (AvgIpc) is 2.37. The molecule has 1 aromatic rings. The number of nitrogens with one attached hydrogen (secondary N) is 1. The van der Waals surface area contributed by atoms with Gasteiger partial charge in [0.25, 0.3) is 0 Å². The molecule has 0 saturated carbocycles. The van der Waals surface area contributed by atoms with Gasteiger partial charge in [-0.15, -0.1) is 0 Å². The lowest BCUT2D eigenvalue weighted by Crippen LogP contribution is -2.44. The van der Waals surface area contributed by atoms with E-state index in [0.717, 1.165) is 12.0 Å². The van der Waals surface area contributed by atoms with Crippen molar-refractivity contribution in [1.82, 2.24) is 5.32 Å². The Morgan fingerprint density at radius 2 is 1.65 bits per heavy atom. The summed E-state index contributed by atoms with van der Waals surface area (Å²) in [6.45, 7) is 10.3. The molecule has 0 heterocycles. The summed E-state index contributed by atoms with van der Waals surface area (Å²) >= 11 is 0. The fraction of sp³-hybridized carbons (Fsp3) is 0.588. The molecule has 0 spiro atoms. The van der Waals surface area contributed by atoms with E-state index in [2.05, 4.69) is 43.4 Å². The zero-order chi connectivity index (χ0) is 15.3. The molecule has 3 heteroatoms. The standard InChI is InChI=1S/C17H28N2O/c1-11(2)10-14-6-8-15(9-7-14)13(5)19-17(20)16(18)12(3)4/h6-9,11-13,16H,10,18H2,1-5H3,(H,19,20)/t13?,16-/m1/s1. The molecule has 1 unspecified atom stereocenters. The summed E-state index contributed by atoms with van der Waals surface area (Å²) in [4.78, 5) is 11.9. The first-order valence-corrected chi connectivity index (χ1v) is 7.46. The third kappa shape index (κ3) is 4.97. The maximum Gasteiger partial charge on any atom is 0.237 e. The van der Waals surface area contributed by atoms with E-state index < -0.39 is 6.04 Å². The number of nitrogens with two attached hydrogens (primary N) is 1. The van der Waals surface area contributed by atoms with Gasteiger partial charge in [-0.3, -0.25) is 4.79 Å². The monoisotopic (exact) mass is 276 g/mol. The van der Waals surface area contributed by atoms with Gasteiger partial charge in [-0.25, -0.2) is 0 Å². The zero-order valence-electron chi connectivity index (χ0n) is 13.3. The summed E-state index contributed by atoms with van der Waals surface area (Å²) in [5, 5.41) is 2.97. The maximum atomic E-state index is 11.9. The molecule has 1 amide bonds. The predicted molar refractivity (Wildman–Crippen MR) is 84.4 cm³/mol. The van der Waals surface area contributed by atoms with Crippen molar-refractivity contribution in [2.75, 3.05) is 0 Å². The van der Waals surface area contributed by atoms with E-state index in [-0.39, 0.29) is 17.9 Å². The molecule has 20 heavy (non-hydrogen) atoms. The number of rotatable bonds is 6. The van der Waals surface area contributed by atoms with Crippen LogP contribution in [0, 0.1) is 11.8 Å². The second-order valence-corrected chi connectivity index (χ2v) is 6.34. The Morgan fingerprint density at radius 1 is 1.10 bits per heavy atom. The highest BCUT2D eigenvalue weighted by Gasteiger charge is 2.19. The van der Waals surface area contributed by atoms with Crippen molar-refractivity contribution in [3.63, 3.8) is 0 Å². The highest BCUT2D eigenvalue weighted by Crippen LogP contribution is 2.16. The van der Waals surface area contributed by atoms with Crippen LogP contribution in [0.4, 0.5) is 0 Å². The highest BCUT2D eigenvalue weighted by molar-refractivity contribution is 5.82. The van der Waals surface area contributed by atoms with Crippen LogP contribution < -0.4 is 11.1 Å².